The molecule has 22 heavy (non-hydrogen) atoms. The molecular weight excluding hydrogens is 318 g/mol. The number of rotatable bonds is 8. The van der Waals surface area contributed by atoms with Crippen molar-refractivity contribution < 1.29 is 31.8 Å². The minimum Gasteiger partial charge on any atom is -0.480 e. The van der Waals surface area contributed by atoms with E-state index in [0.29, 0.717) is 6.61 Å². The van der Waals surface area contributed by atoms with Crippen LogP contribution < -0.4 is 0 Å². The van der Waals surface area contributed by atoms with Gasteiger partial charge in [-0.2, -0.15) is 0 Å². The molecule has 0 bridgehead atoms. The second-order valence-corrected chi connectivity index (χ2v) is 7.24. The quantitative estimate of drug-likeness (QED) is 0.738. The first-order chi connectivity index (χ1) is 10.2. The number of ether oxygens (including phenoxy) is 1. The van der Waals surface area contributed by atoms with Crippen LogP contribution in [0.4, 0.5) is 8.78 Å². The number of carboxylic acids is 1. The SMILES string of the molecule is CCOCCC(C)(C(=O)O)S(=O)(=O)c1ccc(C(F)F)cc1. The van der Waals surface area contributed by atoms with Gasteiger partial charge in [0, 0.05) is 25.2 Å². The predicted octanol–water partition coefficient (Wildman–Crippen LogP) is 2.67. The Kier molecular flexibility index (Phi) is 6.01. The van der Waals surface area contributed by atoms with Crippen molar-refractivity contribution >= 4 is 15.8 Å². The highest BCUT2D eigenvalue weighted by atomic mass is 32.2. The summed E-state index contributed by atoms with van der Waals surface area (Å²) in [6.45, 7) is 3.09. The largest absolute Gasteiger partial charge is 0.480 e. The van der Waals surface area contributed by atoms with E-state index in [1.165, 1.54) is 0 Å². The Bertz CT molecular complexity index is 613. The summed E-state index contributed by atoms with van der Waals surface area (Å²) in [5.74, 6) is -1.51. The van der Waals surface area contributed by atoms with Gasteiger partial charge in [-0.1, -0.05) is 12.1 Å². The normalized spacial score (nSPS) is 14.8. The van der Waals surface area contributed by atoms with Gasteiger partial charge in [0.05, 0.1) is 4.90 Å². The standard InChI is InChI=1S/C14H18F2O5S/c1-3-21-9-8-14(2,13(17)18)22(19,20)11-6-4-10(5-7-11)12(15)16/h4-7,12H,3,8-9H2,1-2H3,(H,17,18). The maximum Gasteiger partial charge on any atom is 0.325 e. The van der Waals surface area contributed by atoms with E-state index < -0.39 is 27.0 Å². The fourth-order valence-corrected chi connectivity index (χ4v) is 3.42. The van der Waals surface area contributed by atoms with Crippen LogP contribution in [0.5, 0.6) is 0 Å². The van der Waals surface area contributed by atoms with Crippen LogP contribution in [0.2, 0.25) is 0 Å². The molecule has 1 unspecified atom stereocenters. The van der Waals surface area contributed by atoms with Gasteiger partial charge in [-0.15, -0.1) is 0 Å². The fourth-order valence-electron chi connectivity index (χ4n) is 1.82. The number of halogens is 2. The van der Waals surface area contributed by atoms with Gasteiger partial charge in [-0.3, -0.25) is 4.79 Å². The van der Waals surface area contributed by atoms with Gasteiger partial charge in [0.1, 0.15) is 0 Å². The van der Waals surface area contributed by atoms with Crippen molar-refractivity contribution in [1.29, 1.82) is 0 Å². The van der Waals surface area contributed by atoms with Crippen molar-refractivity contribution in [3.8, 4) is 0 Å². The minimum absolute atomic E-state index is 0.0341. The van der Waals surface area contributed by atoms with Crippen LogP contribution in [-0.4, -0.2) is 37.5 Å². The number of benzene rings is 1. The van der Waals surface area contributed by atoms with Gasteiger partial charge in [-0.25, -0.2) is 17.2 Å². The molecule has 1 N–H and O–H groups in total. The van der Waals surface area contributed by atoms with E-state index in [-0.39, 0.29) is 23.5 Å². The van der Waals surface area contributed by atoms with Crippen molar-refractivity contribution in [2.24, 2.45) is 0 Å². The predicted molar refractivity (Wildman–Crippen MR) is 75.7 cm³/mol. The van der Waals surface area contributed by atoms with E-state index in [9.17, 15) is 27.1 Å². The maximum absolute atomic E-state index is 12.5. The topological polar surface area (TPSA) is 80.7 Å². The number of alkyl halides is 2. The first kappa shape index (κ1) is 18.5. The van der Waals surface area contributed by atoms with Gasteiger partial charge >= 0.3 is 5.97 Å². The Morgan fingerprint density at radius 2 is 1.86 bits per heavy atom. The van der Waals surface area contributed by atoms with Crippen LogP contribution in [-0.2, 0) is 19.4 Å². The molecule has 1 aromatic carbocycles. The summed E-state index contributed by atoms with van der Waals surface area (Å²) in [6, 6.07) is 3.95. The number of carboxylic acid groups (broad SMARTS) is 1. The average molecular weight is 336 g/mol. The van der Waals surface area contributed by atoms with Crippen LogP contribution in [0.3, 0.4) is 0 Å². The molecule has 0 spiro atoms. The summed E-state index contributed by atoms with van der Waals surface area (Å²) in [4.78, 5) is 11.1. The molecule has 0 fully saturated rings. The van der Waals surface area contributed by atoms with Gasteiger partial charge in [0.25, 0.3) is 6.43 Å². The molecule has 0 aromatic heterocycles. The summed E-state index contributed by atoms with van der Waals surface area (Å²) < 4.78 is 53.0. The Hall–Kier alpha value is -1.54. The first-order valence-electron chi connectivity index (χ1n) is 6.60. The minimum atomic E-state index is -4.25. The molecule has 1 atom stereocenters. The zero-order chi connectivity index (χ0) is 17.0. The lowest BCUT2D eigenvalue weighted by Gasteiger charge is -2.25. The lowest BCUT2D eigenvalue weighted by Crippen LogP contribution is -2.44. The Morgan fingerprint density at radius 3 is 2.27 bits per heavy atom. The number of sulfone groups is 1. The van der Waals surface area contributed by atoms with E-state index >= 15 is 0 Å². The summed E-state index contributed by atoms with van der Waals surface area (Å²) in [5.41, 5.74) is -0.328. The van der Waals surface area contributed by atoms with E-state index in [4.69, 9.17) is 4.74 Å². The number of aliphatic carboxylic acids is 1. The van der Waals surface area contributed by atoms with E-state index in [1.54, 1.807) is 6.92 Å². The van der Waals surface area contributed by atoms with Crippen molar-refractivity contribution in [2.45, 2.75) is 36.3 Å². The summed E-state index contributed by atoms with van der Waals surface area (Å²) in [6.07, 6.45) is -2.96. The van der Waals surface area contributed by atoms with Crippen LogP contribution in [0.25, 0.3) is 0 Å². The van der Waals surface area contributed by atoms with Gasteiger partial charge in [0.15, 0.2) is 14.6 Å². The molecule has 124 valence electrons. The molecule has 0 saturated carbocycles. The maximum atomic E-state index is 12.5. The highest BCUT2D eigenvalue weighted by Gasteiger charge is 2.47. The molecule has 0 radical (unpaired) electrons. The third-order valence-corrected chi connectivity index (χ3v) is 5.87. The van der Waals surface area contributed by atoms with Crippen LogP contribution in [0.1, 0.15) is 32.3 Å². The van der Waals surface area contributed by atoms with Crippen LogP contribution in [0, 0.1) is 0 Å². The Morgan fingerprint density at radius 1 is 1.32 bits per heavy atom. The van der Waals surface area contributed by atoms with Gasteiger partial charge < -0.3 is 9.84 Å². The molecule has 0 aliphatic rings. The second kappa shape index (κ2) is 7.15. The van der Waals surface area contributed by atoms with Crippen molar-refractivity contribution in [3.05, 3.63) is 29.8 Å². The zero-order valence-corrected chi connectivity index (χ0v) is 13.1. The molecule has 0 amide bonds. The summed E-state index contributed by atoms with van der Waals surface area (Å²) in [7, 11) is -4.25. The molecule has 1 rings (SSSR count). The summed E-state index contributed by atoms with van der Waals surface area (Å²) >= 11 is 0. The van der Waals surface area contributed by atoms with E-state index in [2.05, 4.69) is 0 Å². The first-order valence-corrected chi connectivity index (χ1v) is 8.09. The number of hydrogen-bond donors (Lipinski definition) is 1. The zero-order valence-electron chi connectivity index (χ0n) is 12.3. The lowest BCUT2D eigenvalue weighted by molar-refractivity contribution is -0.140. The van der Waals surface area contributed by atoms with Crippen molar-refractivity contribution in [3.63, 3.8) is 0 Å². The Balaban J connectivity index is 3.19. The molecule has 8 heteroatoms. The van der Waals surface area contributed by atoms with Crippen LogP contribution in [0.15, 0.2) is 29.2 Å². The van der Waals surface area contributed by atoms with Gasteiger partial charge in [0.2, 0.25) is 0 Å². The molecule has 0 aliphatic heterocycles. The van der Waals surface area contributed by atoms with Gasteiger partial charge in [-0.05, 0) is 26.0 Å². The lowest BCUT2D eigenvalue weighted by atomic mass is 10.1. The molecule has 0 heterocycles. The molecular formula is C14H18F2O5S. The average Bonchev–Trinajstić information content (AvgIpc) is 2.47. The molecule has 0 aliphatic carbocycles. The Labute approximate surface area is 127 Å². The fraction of sp³-hybridized carbons (Fsp3) is 0.500. The monoisotopic (exact) mass is 336 g/mol. The third-order valence-electron chi connectivity index (χ3n) is 3.42. The van der Waals surface area contributed by atoms with Crippen LogP contribution >= 0.6 is 0 Å². The van der Waals surface area contributed by atoms with E-state index in [1.807, 2.05) is 0 Å². The number of hydrogen-bond acceptors (Lipinski definition) is 4. The number of carbonyl (C=O) groups is 1. The molecule has 5 nitrogen and oxygen atoms in total. The van der Waals surface area contributed by atoms with Crippen molar-refractivity contribution in [2.75, 3.05) is 13.2 Å². The molecule has 1 aromatic rings. The second-order valence-electron chi connectivity index (χ2n) is 4.86. The smallest absolute Gasteiger partial charge is 0.325 e. The highest BCUT2D eigenvalue weighted by Crippen LogP contribution is 2.30. The third kappa shape index (κ3) is 3.61. The van der Waals surface area contributed by atoms with Crippen molar-refractivity contribution in [1.82, 2.24) is 0 Å². The molecule has 0 saturated heterocycles. The highest BCUT2D eigenvalue weighted by molar-refractivity contribution is 7.93. The van der Waals surface area contributed by atoms with E-state index in [0.717, 1.165) is 31.2 Å². The summed E-state index contributed by atoms with van der Waals surface area (Å²) in [5, 5.41) is 9.32.